The van der Waals surface area contributed by atoms with Gasteiger partial charge in [0.05, 0.1) is 10.6 Å². The molecule has 2 amide bonds. The highest BCUT2D eigenvalue weighted by Gasteiger charge is 2.23. The van der Waals surface area contributed by atoms with Gasteiger partial charge >= 0.3 is 6.03 Å². The third-order valence-corrected chi connectivity index (χ3v) is 5.07. The summed E-state index contributed by atoms with van der Waals surface area (Å²) < 4.78 is 5.89. The summed E-state index contributed by atoms with van der Waals surface area (Å²) in [5, 5.41) is 14.6. The molecule has 7 heteroatoms. The third-order valence-electron chi connectivity index (χ3n) is 4.74. The molecule has 0 spiro atoms. The zero-order chi connectivity index (χ0) is 21.5. The Bertz CT molecular complexity index is 1130. The minimum absolute atomic E-state index is 0.277. The first-order valence-electron chi connectivity index (χ1n) is 9.92. The largest absolute Gasteiger partial charge is 0.418 e. The van der Waals surface area contributed by atoms with E-state index < -0.39 is 6.04 Å². The molecule has 1 heterocycles. The average Bonchev–Trinajstić information content (AvgIpc) is 3.29. The Morgan fingerprint density at radius 3 is 2.32 bits per heavy atom. The number of amides is 2. The minimum atomic E-state index is -0.596. The number of carbonyl (C=O) groups is 1. The van der Waals surface area contributed by atoms with Gasteiger partial charge in [0, 0.05) is 6.54 Å². The van der Waals surface area contributed by atoms with E-state index in [0.29, 0.717) is 23.0 Å². The Labute approximate surface area is 185 Å². The van der Waals surface area contributed by atoms with Gasteiger partial charge in [0.15, 0.2) is 0 Å². The van der Waals surface area contributed by atoms with Crippen LogP contribution in [-0.2, 0) is 6.42 Å². The molecular formula is C24H21ClN4O2. The lowest BCUT2D eigenvalue weighted by atomic mass is 10.1. The maximum atomic E-state index is 12.6. The molecule has 0 fully saturated rings. The summed E-state index contributed by atoms with van der Waals surface area (Å²) in [4.78, 5) is 12.6. The van der Waals surface area contributed by atoms with Gasteiger partial charge in [-0.15, -0.1) is 10.2 Å². The molecule has 0 saturated carbocycles. The Kier molecular flexibility index (Phi) is 6.59. The van der Waals surface area contributed by atoms with Crippen LogP contribution >= 0.6 is 11.6 Å². The standard InChI is InChI=1S/C24H21ClN4O2/c25-20-14-8-7-13-19(20)22-28-29-23(31-22)21(18-11-5-2-6-12-18)27-24(30)26-16-15-17-9-3-1-4-10-17/h1-14,21H,15-16H2,(H2,26,27,30). The smallest absolute Gasteiger partial charge is 0.315 e. The van der Waals surface area contributed by atoms with E-state index in [1.54, 1.807) is 12.1 Å². The van der Waals surface area contributed by atoms with Gasteiger partial charge in [-0.25, -0.2) is 4.79 Å². The molecule has 1 aromatic heterocycles. The Hall–Kier alpha value is -3.64. The lowest BCUT2D eigenvalue weighted by Crippen LogP contribution is -2.39. The first-order chi connectivity index (χ1) is 15.2. The summed E-state index contributed by atoms with van der Waals surface area (Å²) in [6.45, 7) is 0.506. The van der Waals surface area contributed by atoms with Crippen molar-refractivity contribution in [1.29, 1.82) is 0 Å². The summed E-state index contributed by atoms with van der Waals surface area (Å²) in [6, 6.07) is 25.8. The second kappa shape index (κ2) is 9.91. The molecular weight excluding hydrogens is 412 g/mol. The molecule has 0 radical (unpaired) electrons. The average molecular weight is 433 g/mol. The van der Waals surface area contributed by atoms with Crippen LogP contribution in [-0.4, -0.2) is 22.8 Å². The van der Waals surface area contributed by atoms with Gasteiger partial charge in [-0.05, 0) is 29.7 Å². The number of nitrogens with one attached hydrogen (secondary N) is 2. The van der Waals surface area contributed by atoms with E-state index >= 15 is 0 Å². The van der Waals surface area contributed by atoms with Gasteiger partial charge in [-0.2, -0.15) is 0 Å². The number of halogens is 1. The van der Waals surface area contributed by atoms with Gasteiger partial charge in [-0.3, -0.25) is 0 Å². The fraction of sp³-hybridized carbons (Fsp3) is 0.125. The molecule has 1 unspecified atom stereocenters. The van der Waals surface area contributed by atoms with Crippen molar-refractivity contribution >= 4 is 17.6 Å². The maximum Gasteiger partial charge on any atom is 0.315 e. The minimum Gasteiger partial charge on any atom is -0.418 e. The SMILES string of the molecule is O=C(NCCc1ccccc1)NC(c1ccccc1)c1nnc(-c2ccccc2Cl)o1. The molecule has 31 heavy (non-hydrogen) atoms. The van der Waals surface area contributed by atoms with Crippen molar-refractivity contribution in [3.8, 4) is 11.5 Å². The monoisotopic (exact) mass is 432 g/mol. The fourth-order valence-corrected chi connectivity index (χ4v) is 3.39. The fourth-order valence-electron chi connectivity index (χ4n) is 3.18. The Balaban J connectivity index is 1.49. The van der Waals surface area contributed by atoms with E-state index in [1.165, 1.54) is 0 Å². The highest BCUT2D eigenvalue weighted by atomic mass is 35.5. The van der Waals surface area contributed by atoms with Crippen LogP contribution in [0.2, 0.25) is 5.02 Å². The predicted octanol–water partition coefficient (Wildman–Crippen LogP) is 5.02. The van der Waals surface area contributed by atoms with E-state index in [-0.39, 0.29) is 11.9 Å². The van der Waals surface area contributed by atoms with Gasteiger partial charge in [0.1, 0.15) is 6.04 Å². The van der Waals surface area contributed by atoms with Gasteiger partial charge < -0.3 is 15.1 Å². The number of rotatable bonds is 7. The van der Waals surface area contributed by atoms with E-state index in [4.69, 9.17) is 16.0 Å². The first kappa shape index (κ1) is 20.6. The second-order valence-electron chi connectivity index (χ2n) is 6.90. The quantitative estimate of drug-likeness (QED) is 0.429. The summed E-state index contributed by atoms with van der Waals surface area (Å²) in [5.41, 5.74) is 2.63. The van der Waals surface area contributed by atoms with E-state index in [0.717, 1.165) is 17.5 Å². The zero-order valence-electron chi connectivity index (χ0n) is 16.7. The lowest BCUT2D eigenvalue weighted by Gasteiger charge is -2.16. The molecule has 0 aliphatic rings. The van der Waals surface area contributed by atoms with Gasteiger partial charge in [0.25, 0.3) is 0 Å². The van der Waals surface area contributed by atoms with Gasteiger partial charge in [0.2, 0.25) is 11.8 Å². The second-order valence-corrected chi connectivity index (χ2v) is 7.31. The molecule has 4 aromatic rings. The van der Waals surface area contributed by atoms with Crippen molar-refractivity contribution in [2.45, 2.75) is 12.5 Å². The molecule has 156 valence electrons. The van der Waals surface area contributed by atoms with Crippen LogP contribution in [0.15, 0.2) is 89.3 Å². The molecule has 6 nitrogen and oxygen atoms in total. The van der Waals surface area contributed by atoms with Crippen LogP contribution in [0, 0.1) is 0 Å². The molecule has 0 aliphatic heterocycles. The van der Waals surface area contributed by atoms with Crippen molar-refractivity contribution in [3.05, 3.63) is 107 Å². The van der Waals surface area contributed by atoms with Crippen molar-refractivity contribution in [2.24, 2.45) is 0 Å². The Morgan fingerprint density at radius 1 is 0.903 bits per heavy atom. The summed E-state index contributed by atoms with van der Waals surface area (Å²) >= 11 is 6.25. The van der Waals surface area contributed by atoms with Crippen molar-refractivity contribution in [1.82, 2.24) is 20.8 Å². The van der Waals surface area contributed by atoms with Crippen molar-refractivity contribution in [3.63, 3.8) is 0 Å². The molecule has 2 N–H and O–H groups in total. The number of benzene rings is 3. The third kappa shape index (κ3) is 5.29. The number of carbonyl (C=O) groups excluding carboxylic acids is 1. The van der Waals surface area contributed by atoms with Crippen LogP contribution in [0.1, 0.15) is 23.1 Å². The summed E-state index contributed by atoms with van der Waals surface area (Å²) in [7, 11) is 0. The summed E-state index contributed by atoms with van der Waals surface area (Å²) in [5.74, 6) is 0.576. The van der Waals surface area contributed by atoms with Gasteiger partial charge in [-0.1, -0.05) is 84.4 Å². The van der Waals surface area contributed by atoms with Crippen LogP contribution in [0.3, 0.4) is 0 Å². The van der Waals surface area contributed by atoms with E-state index in [1.807, 2.05) is 72.8 Å². The number of urea groups is 1. The maximum absolute atomic E-state index is 12.6. The number of nitrogens with zero attached hydrogens (tertiary/aromatic N) is 2. The zero-order valence-corrected chi connectivity index (χ0v) is 17.4. The summed E-state index contributed by atoms with van der Waals surface area (Å²) in [6.07, 6.45) is 0.738. The lowest BCUT2D eigenvalue weighted by molar-refractivity contribution is 0.237. The number of hydrogen-bond donors (Lipinski definition) is 2. The molecule has 0 aliphatic carbocycles. The van der Waals surface area contributed by atoms with Crippen molar-refractivity contribution in [2.75, 3.05) is 6.54 Å². The van der Waals surface area contributed by atoms with Crippen LogP contribution in [0.4, 0.5) is 4.79 Å². The van der Waals surface area contributed by atoms with E-state index in [2.05, 4.69) is 20.8 Å². The highest BCUT2D eigenvalue weighted by Crippen LogP contribution is 2.29. The van der Waals surface area contributed by atoms with Crippen molar-refractivity contribution < 1.29 is 9.21 Å². The number of hydrogen-bond acceptors (Lipinski definition) is 4. The highest BCUT2D eigenvalue weighted by molar-refractivity contribution is 6.33. The molecule has 4 rings (SSSR count). The molecule has 1 atom stereocenters. The Morgan fingerprint density at radius 2 is 1.58 bits per heavy atom. The molecule has 3 aromatic carbocycles. The molecule has 0 bridgehead atoms. The normalized spacial score (nSPS) is 11.6. The number of aromatic nitrogens is 2. The molecule has 0 saturated heterocycles. The van der Waals surface area contributed by atoms with Crippen LogP contribution in [0.25, 0.3) is 11.5 Å². The topological polar surface area (TPSA) is 80.0 Å². The van der Waals surface area contributed by atoms with Crippen LogP contribution < -0.4 is 10.6 Å². The van der Waals surface area contributed by atoms with Crippen LogP contribution in [0.5, 0.6) is 0 Å². The van der Waals surface area contributed by atoms with E-state index in [9.17, 15) is 4.79 Å². The first-order valence-corrected chi connectivity index (χ1v) is 10.3. The predicted molar refractivity (Wildman–Crippen MR) is 120 cm³/mol.